The van der Waals surface area contributed by atoms with Gasteiger partial charge in [-0.05, 0) is 40.7 Å². The number of aryl methyl sites for hydroxylation is 2. The van der Waals surface area contributed by atoms with Gasteiger partial charge in [0, 0.05) is 11.8 Å². The van der Waals surface area contributed by atoms with Crippen LogP contribution in [-0.2, 0) is 5.54 Å². The van der Waals surface area contributed by atoms with Crippen molar-refractivity contribution in [2.24, 2.45) is 0 Å². The number of aromatic nitrogens is 2. The predicted molar refractivity (Wildman–Crippen MR) is 68.8 cm³/mol. The second-order valence-corrected chi connectivity index (χ2v) is 5.38. The Morgan fingerprint density at radius 3 is 2.35 bits per heavy atom. The first-order valence-electron chi connectivity index (χ1n) is 5.72. The van der Waals surface area contributed by atoms with E-state index in [0.29, 0.717) is 5.69 Å². The lowest BCUT2D eigenvalue weighted by atomic mass is 10.1. The number of nitrogen functional groups attached to an aromatic ring is 1. The number of rotatable bonds is 1. The van der Waals surface area contributed by atoms with Crippen molar-refractivity contribution < 1.29 is 4.42 Å². The fourth-order valence-electron chi connectivity index (χ4n) is 1.81. The highest BCUT2D eigenvalue weighted by Gasteiger charge is 2.19. The van der Waals surface area contributed by atoms with Gasteiger partial charge in [-0.3, -0.25) is 4.68 Å². The van der Waals surface area contributed by atoms with Crippen molar-refractivity contribution in [2.75, 3.05) is 5.73 Å². The van der Waals surface area contributed by atoms with Crippen LogP contribution in [0.5, 0.6) is 0 Å². The maximum atomic E-state index is 6.02. The molecule has 0 saturated heterocycles. The number of anilines is 1. The van der Waals surface area contributed by atoms with E-state index in [1.807, 2.05) is 30.8 Å². The molecule has 0 aromatic carbocycles. The molecule has 0 saturated carbocycles. The zero-order chi connectivity index (χ0) is 12.8. The Morgan fingerprint density at radius 1 is 1.29 bits per heavy atom. The minimum atomic E-state index is -0.0704. The number of nitrogens with two attached hydrogens (primary N) is 1. The maximum absolute atomic E-state index is 6.02. The third kappa shape index (κ3) is 2.07. The van der Waals surface area contributed by atoms with E-state index in [9.17, 15) is 0 Å². The van der Waals surface area contributed by atoms with E-state index in [1.54, 1.807) is 0 Å². The third-order valence-corrected chi connectivity index (χ3v) is 2.73. The summed E-state index contributed by atoms with van der Waals surface area (Å²) in [6.07, 6.45) is 1.87. The highest BCUT2D eigenvalue weighted by atomic mass is 16.3. The van der Waals surface area contributed by atoms with Gasteiger partial charge in [0.1, 0.15) is 17.2 Å². The Kier molecular flexibility index (Phi) is 2.53. The van der Waals surface area contributed by atoms with Gasteiger partial charge in [0.25, 0.3) is 0 Å². The number of hydrogen-bond acceptors (Lipinski definition) is 3. The van der Waals surface area contributed by atoms with Crippen molar-refractivity contribution in [3.05, 3.63) is 23.8 Å². The van der Waals surface area contributed by atoms with Crippen molar-refractivity contribution in [3.8, 4) is 11.3 Å². The zero-order valence-electron chi connectivity index (χ0n) is 11.0. The fraction of sp³-hybridized carbons (Fsp3) is 0.462. The largest absolute Gasteiger partial charge is 0.466 e. The van der Waals surface area contributed by atoms with Crippen LogP contribution in [0.25, 0.3) is 11.3 Å². The van der Waals surface area contributed by atoms with Crippen molar-refractivity contribution in [3.63, 3.8) is 0 Å². The van der Waals surface area contributed by atoms with E-state index in [4.69, 9.17) is 10.2 Å². The van der Waals surface area contributed by atoms with E-state index < -0.39 is 0 Å². The third-order valence-electron chi connectivity index (χ3n) is 2.73. The molecular formula is C13H19N3O. The van der Waals surface area contributed by atoms with Gasteiger partial charge in [0.2, 0.25) is 0 Å². The van der Waals surface area contributed by atoms with Crippen molar-refractivity contribution in [2.45, 2.75) is 40.2 Å². The van der Waals surface area contributed by atoms with Crippen molar-refractivity contribution in [1.82, 2.24) is 9.78 Å². The first kappa shape index (κ1) is 11.8. The van der Waals surface area contributed by atoms with E-state index in [-0.39, 0.29) is 5.54 Å². The minimum absolute atomic E-state index is 0.0704. The van der Waals surface area contributed by atoms with Crippen LogP contribution in [0.1, 0.15) is 32.3 Å². The fourth-order valence-corrected chi connectivity index (χ4v) is 1.81. The van der Waals surface area contributed by atoms with Gasteiger partial charge in [-0.2, -0.15) is 5.10 Å². The van der Waals surface area contributed by atoms with Crippen LogP contribution in [0.3, 0.4) is 0 Å². The van der Waals surface area contributed by atoms with Gasteiger partial charge in [0.15, 0.2) is 0 Å². The van der Waals surface area contributed by atoms with Crippen LogP contribution >= 0.6 is 0 Å². The standard InChI is InChI=1S/C13H19N3O/c1-8-6-10(9(2)17-8)12-11(14)7-16(15-12)13(3,4)5/h6-7H,14H2,1-5H3. The minimum Gasteiger partial charge on any atom is -0.466 e. The van der Waals surface area contributed by atoms with E-state index in [2.05, 4.69) is 25.9 Å². The Balaban J connectivity index is 2.54. The molecule has 0 aliphatic heterocycles. The van der Waals surface area contributed by atoms with Crippen LogP contribution in [0, 0.1) is 13.8 Å². The molecule has 2 aromatic rings. The molecule has 0 unspecified atom stereocenters. The topological polar surface area (TPSA) is 57.0 Å². The Labute approximate surface area is 101 Å². The second-order valence-electron chi connectivity index (χ2n) is 5.38. The van der Waals surface area contributed by atoms with E-state index in [1.165, 1.54) is 0 Å². The summed E-state index contributed by atoms with van der Waals surface area (Å²) in [5.41, 5.74) is 8.41. The summed E-state index contributed by atoms with van der Waals surface area (Å²) >= 11 is 0. The Hall–Kier alpha value is -1.71. The van der Waals surface area contributed by atoms with Gasteiger partial charge in [-0.1, -0.05) is 0 Å². The molecule has 4 nitrogen and oxygen atoms in total. The lowest BCUT2D eigenvalue weighted by Crippen LogP contribution is -2.22. The summed E-state index contributed by atoms with van der Waals surface area (Å²) in [4.78, 5) is 0. The molecule has 4 heteroatoms. The van der Waals surface area contributed by atoms with E-state index >= 15 is 0 Å². The average Bonchev–Trinajstić information content (AvgIpc) is 2.68. The summed E-state index contributed by atoms with van der Waals surface area (Å²) in [5, 5.41) is 4.56. The molecule has 0 aliphatic carbocycles. The molecule has 0 radical (unpaired) electrons. The number of furan rings is 1. The first-order chi connectivity index (χ1) is 7.79. The van der Waals surface area contributed by atoms with Crippen molar-refractivity contribution in [1.29, 1.82) is 0 Å². The molecule has 0 bridgehead atoms. The van der Waals surface area contributed by atoms with Gasteiger partial charge in [-0.15, -0.1) is 0 Å². The maximum Gasteiger partial charge on any atom is 0.119 e. The quantitative estimate of drug-likeness (QED) is 0.823. The van der Waals surface area contributed by atoms with Gasteiger partial charge in [0.05, 0.1) is 11.2 Å². The van der Waals surface area contributed by atoms with Crippen LogP contribution in [0.2, 0.25) is 0 Å². The van der Waals surface area contributed by atoms with Gasteiger partial charge in [-0.25, -0.2) is 0 Å². The molecule has 92 valence electrons. The number of hydrogen-bond donors (Lipinski definition) is 1. The zero-order valence-corrected chi connectivity index (χ0v) is 11.0. The highest BCUT2D eigenvalue weighted by Crippen LogP contribution is 2.31. The summed E-state index contributed by atoms with van der Waals surface area (Å²) < 4.78 is 7.40. The number of nitrogens with zero attached hydrogens (tertiary/aromatic N) is 2. The SMILES string of the molecule is Cc1cc(-c2nn(C(C)(C)C)cc2N)c(C)o1. The molecule has 0 spiro atoms. The molecule has 2 N–H and O–H groups in total. The van der Waals surface area contributed by atoms with Gasteiger partial charge < -0.3 is 10.2 Å². The Morgan fingerprint density at radius 2 is 1.94 bits per heavy atom. The Bertz CT molecular complexity index is 544. The first-order valence-corrected chi connectivity index (χ1v) is 5.72. The predicted octanol–water partition coefficient (Wildman–Crippen LogP) is 3.10. The lowest BCUT2D eigenvalue weighted by Gasteiger charge is -2.18. The summed E-state index contributed by atoms with van der Waals surface area (Å²) in [5.74, 6) is 1.73. The summed E-state index contributed by atoms with van der Waals surface area (Å²) in [6.45, 7) is 10.1. The second kappa shape index (κ2) is 3.65. The van der Waals surface area contributed by atoms with Crippen molar-refractivity contribution >= 4 is 5.69 Å². The average molecular weight is 233 g/mol. The molecule has 2 heterocycles. The van der Waals surface area contributed by atoms with Crippen LogP contribution in [0.15, 0.2) is 16.7 Å². The van der Waals surface area contributed by atoms with Crippen LogP contribution < -0.4 is 5.73 Å². The molecule has 0 fully saturated rings. The lowest BCUT2D eigenvalue weighted by molar-refractivity contribution is 0.356. The van der Waals surface area contributed by atoms with Crippen LogP contribution in [0.4, 0.5) is 5.69 Å². The molecule has 2 aromatic heterocycles. The molecule has 0 amide bonds. The monoisotopic (exact) mass is 233 g/mol. The summed E-state index contributed by atoms with van der Waals surface area (Å²) in [7, 11) is 0. The van der Waals surface area contributed by atoms with Crippen LogP contribution in [-0.4, -0.2) is 9.78 Å². The smallest absolute Gasteiger partial charge is 0.119 e. The molecule has 2 rings (SSSR count). The summed E-state index contributed by atoms with van der Waals surface area (Å²) in [6, 6.07) is 1.97. The highest BCUT2D eigenvalue weighted by molar-refractivity contribution is 5.73. The molecule has 0 aliphatic rings. The molecule has 17 heavy (non-hydrogen) atoms. The normalized spacial score (nSPS) is 12.1. The molecule has 0 atom stereocenters. The van der Waals surface area contributed by atoms with E-state index in [0.717, 1.165) is 22.8 Å². The molecular weight excluding hydrogens is 214 g/mol. The van der Waals surface area contributed by atoms with Gasteiger partial charge >= 0.3 is 0 Å².